The van der Waals surface area contributed by atoms with E-state index in [2.05, 4.69) is 25.4 Å². The van der Waals surface area contributed by atoms with Gasteiger partial charge < -0.3 is 29.2 Å². The average Bonchev–Trinajstić information content (AvgIpc) is 3.59. The van der Waals surface area contributed by atoms with Crippen molar-refractivity contribution in [3.05, 3.63) is 110 Å². The summed E-state index contributed by atoms with van der Waals surface area (Å²) in [6, 6.07) is 12.2. The number of piperazine rings is 1. The molecule has 1 N–H and O–H groups in total. The van der Waals surface area contributed by atoms with Crippen LogP contribution in [0.3, 0.4) is 0 Å². The third-order valence-electron chi connectivity index (χ3n) is 9.25. The van der Waals surface area contributed by atoms with E-state index in [0.717, 1.165) is 33.9 Å². The van der Waals surface area contributed by atoms with E-state index in [1.807, 2.05) is 42.2 Å². The van der Waals surface area contributed by atoms with Crippen molar-refractivity contribution in [3.8, 4) is 5.75 Å². The number of ether oxygens (including phenoxy) is 2. The molecule has 2 saturated heterocycles. The Morgan fingerprint density at radius 1 is 1.05 bits per heavy atom. The molecule has 0 radical (unpaired) electrons. The van der Waals surface area contributed by atoms with Crippen LogP contribution in [0.4, 0.5) is 24.5 Å². The molecule has 7 rings (SSSR count). The summed E-state index contributed by atoms with van der Waals surface area (Å²) in [6.45, 7) is 5.24. The quantitative estimate of drug-likeness (QED) is 0.209. The number of carbonyl (C=O) groups excluding carboxylic acids is 2. The predicted octanol–water partition coefficient (Wildman–Crippen LogP) is 4.82. The van der Waals surface area contributed by atoms with E-state index in [1.54, 1.807) is 22.5 Å². The molecule has 2 amide bonds. The van der Waals surface area contributed by atoms with Crippen molar-refractivity contribution in [1.82, 2.24) is 34.0 Å². The Hall–Kier alpha value is -5.81. The lowest BCUT2D eigenvalue weighted by Gasteiger charge is -2.36. The number of hydrogen-bond acceptors (Lipinski definition) is 10. The van der Waals surface area contributed by atoms with Gasteiger partial charge in [0.2, 0.25) is 11.7 Å². The molecule has 5 heterocycles. The van der Waals surface area contributed by atoms with E-state index in [0.29, 0.717) is 36.8 Å². The molecule has 0 aliphatic carbocycles. The van der Waals surface area contributed by atoms with Crippen LogP contribution < -0.4 is 20.5 Å². The van der Waals surface area contributed by atoms with Gasteiger partial charge in [0.15, 0.2) is 17.3 Å². The largest absolute Gasteiger partial charge is 0.485 e. The second kappa shape index (κ2) is 15.5. The van der Waals surface area contributed by atoms with Gasteiger partial charge >= 0.3 is 6.18 Å². The minimum atomic E-state index is -4.61. The Morgan fingerprint density at radius 3 is 2.45 bits per heavy atom. The molecule has 3 aromatic heterocycles. The SMILES string of the molecule is CCc1c(N2CCN(C(=O)c3ncnc(C)c3OCc3ccccc3)CC2)c(=O)n2nc(C=C3COC3)nc2n1CC(=O)Nc1ccc(C(F)(F)F)cc1Cl. The minimum Gasteiger partial charge on any atom is -0.485 e. The number of rotatable bonds is 10. The first kappa shape index (κ1) is 37.5. The van der Waals surface area contributed by atoms with Crippen LogP contribution in [0.15, 0.2) is 65.2 Å². The molecule has 2 aliphatic heterocycles. The Bertz CT molecular complexity index is 2350. The molecule has 14 nitrogen and oxygen atoms in total. The number of anilines is 2. The molecule has 2 fully saturated rings. The van der Waals surface area contributed by atoms with Crippen LogP contribution in [0, 0.1) is 6.92 Å². The van der Waals surface area contributed by atoms with E-state index in [4.69, 9.17) is 21.1 Å². The summed E-state index contributed by atoms with van der Waals surface area (Å²) in [5.74, 6) is -0.326. The van der Waals surface area contributed by atoms with Gasteiger partial charge in [0, 0.05) is 26.2 Å². The highest BCUT2D eigenvalue weighted by atomic mass is 35.5. The van der Waals surface area contributed by atoms with Gasteiger partial charge in [0.25, 0.3) is 11.5 Å². The fourth-order valence-corrected chi connectivity index (χ4v) is 6.65. The first-order valence-corrected chi connectivity index (χ1v) is 17.8. The number of benzene rings is 2. The standard InChI is InChI=1S/C37H35ClF3N9O5/c1-3-28-32(47-11-13-48(14-12-47)34(52)31-33(22(2)42-21-43-31)55-20-23-7-5-4-6-8-23)35(53)50-36(45-29(46-50)15-24-18-54-19-24)49(28)17-30(51)44-27-10-9-25(16-26(27)38)37(39,40)41/h4-10,15-16,21H,3,11-14,17-20H2,1-2H3,(H,44,51). The third kappa shape index (κ3) is 7.88. The van der Waals surface area contributed by atoms with Crippen LogP contribution in [0.1, 0.15) is 45.8 Å². The van der Waals surface area contributed by atoms with Gasteiger partial charge in [-0.3, -0.25) is 14.4 Å². The molecular weight excluding hydrogens is 743 g/mol. The van der Waals surface area contributed by atoms with Gasteiger partial charge in [-0.1, -0.05) is 48.9 Å². The summed E-state index contributed by atoms with van der Waals surface area (Å²) < 4.78 is 53.7. The first-order valence-electron chi connectivity index (χ1n) is 17.4. The number of nitrogens with one attached hydrogen (secondary N) is 1. The van der Waals surface area contributed by atoms with E-state index >= 15 is 0 Å². The van der Waals surface area contributed by atoms with Gasteiger partial charge in [-0.25, -0.2) is 9.97 Å². The molecule has 0 atom stereocenters. The molecule has 5 aromatic rings. The van der Waals surface area contributed by atoms with Crippen molar-refractivity contribution in [2.45, 2.75) is 39.6 Å². The van der Waals surface area contributed by atoms with Crippen molar-refractivity contribution in [1.29, 1.82) is 0 Å². The molecule has 286 valence electrons. The zero-order valence-electron chi connectivity index (χ0n) is 29.8. The summed E-state index contributed by atoms with van der Waals surface area (Å²) >= 11 is 6.13. The summed E-state index contributed by atoms with van der Waals surface area (Å²) in [5.41, 5.74) is 1.83. The number of aryl methyl sites for hydroxylation is 1. The van der Waals surface area contributed by atoms with E-state index in [1.165, 1.54) is 6.33 Å². The normalized spacial score (nSPS) is 14.5. The lowest BCUT2D eigenvalue weighted by atomic mass is 10.2. The topological polar surface area (TPSA) is 149 Å². The van der Waals surface area contributed by atoms with Crippen LogP contribution in [0.5, 0.6) is 5.75 Å². The average molecular weight is 778 g/mol. The molecule has 0 bridgehead atoms. The predicted molar refractivity (Wildman–Crippen MR) is 196 cm³/mol. The number of aromatic nitrogens is 6. The van der Waals surface area contributed by atoms with Crippen molar-refractivity contribution in [2.24, 2.45) is 0 Å². The monoisotopic (exact) mass is 777 g/mol. The molecule has 55 heavy (non-hydrogen) atoms. The smallest absolute Gasteiger partial charge is 0.416 e. The first-order chi connectivity index (χ1) is 26.4. The summed E-state index contributed by atoms with van der Waals surface area (Å²) in [7, 11) is 0. The molecule has 0 unspecified atom stereocenters. The second-order valence-electron chi connectivity index (χ2n) is 12.9. The van der Waals surface area contributed by atoms with Crippen LogP contribution >= 0.6 is 11.6 Å². The number of nitrogens with zero attached hydrogens (tertiary/aromatic N) is 8. The fraction of sp³-hybridized carbons (Fsp3) is 0.324. The zero-order chi connectivity index (χ0) is 38.9. The van der Waals surface area contributed by atoms with E-state index < -0.39 is 23.2 Å². The van der Waals surface area contributed by atoms with Crippen LogP contribution in [-0.2, 0) is 35.3 Å². The molecular formula is C37H35ClF3N9O5. The molecule has 2 aromatic carbocycles. The van der Waals surface area contributed by atoms with Crippen molar-refractivity contribution in [2.75, 3.05) is 49.6 Å². The number of fused-ring (bicyclic) bond motifs is 1. The van der Waals surface area contributed by atoms with Crippen molar-refractivity contribution in [3.63, 3.8) is 0 Å². The van der Waals surface area contributed by atoms with Gasteiger partial charge in [0.1, 0.15) is 25.2 Å². The van der Waals surface area contributed by atoms with Gasteiger partial charge in [0.05, 0.1) is 40.9 Å². The zero-order valence-corrected chi connectivity index (χ0v) is 30.5. The Balaban J connectivity index is 1.16. The highest BCUT2D eigenvalue weighted by Gasteiger charge is 2.32. The maximum Gasteiger partial charge on any atom is 0.416 e. The van der Waals surface area contributed by atoms with Gasteiger partial charge in [-0.15, -0.1) is 5.10 Å². The van der Waals surface area contributed by atoms with Crippen LogP contribution in [-0.4, -0.2) is 85.2 Å². The van der Waals surface area contributed by atoms with Gasteiger partial charge in [-0.05, 0) is 48.8 Å². The number of alkyl halides is 3. The maximum absolute atomic E-state index is 14.2. The molecule has 0 spiro atoms. The van der Waals surface area contributed by atoms with Crippen LogP contribution in [0.25, 0.3) is 11.9 Å². The number of halogens is 4. The van der Waals surface area contributed by atoms with E-state index in [-0.39, 0.29) is 78.9 Å². The maximum atomic E-state index is 14.2. The van der Waals surface area contributed by atoms with Crippen molar-refractivity contribution >= 4 is 46.6 Å². The van der Waals surface area contributed by atoms with Crippen LogP contribution in [0.2, 0.25) is 5.02 Å². The number of hydrogen-bond donors (Lipinski definition) is 1. The number of carbonyl (C=O) groups is 2. The Kier molecular flexibility index (Phi) is 10.6. The lowest BCUT2D eigenvalue weighted by Crippen LogP contribution is -2.51. The highest BCUT2D eigenvalue weighted by Crippen LogP contribution is 2.34. The lowest BCUT2D eigenvalue weighted by molar-refractivity contribution is -0.137. The molecule has 18 heteroatoms. The third-order valence-corrected chi connectivity index (χ3v) is 9.56. The highest BCUT2D eigenvalue weighted by molar-refractivity contribution is 6.33. The summed E-state index contributed by atoms with van der Waals surface area (Å²) in [6.07, 6.45) is -1.28. The number of amides is 2. The molecule has 2 aliphatic rings. The summed E-state index contributed by atoms with van der Waals surface area (Å²) in [4.78, 5) is 58.2. The minimum absolute atomic E-state index is 0.0137. The Labute approximate surface area is 317 Å². The van der Waals surface area contributed by atoms with Crippen molar-refractivity contribution < 1.29 is 32.2 Å². The Morgan fingerprint density at radius 2 is 1.80 bits per heavy atom. The van der Waals surface area contributed by atoms with Gasteiger partial charge in [-0.2, -0.15) is 22.7 Å². The fourth-order valence-electron chi connectivity index (χ4n) is 6.42. The second-order valence-corrected chi connectivity index (χ2v) is 13.4. The summed E-state index contributed by atoms with van der Waals surface area (Å²) in [5, 5.41) is 6.76. The molecule has 0 saturated carbocycles. The van der Waals surface area contributed by atoms with E-state index in [9.17, 15) is 27.6 Å².